The van der Waals surface area contributed by atoms with Gasteiger partial charge >= 0.3 is 20.4 Å². The molecule has 0 nitrogen and oxygen atoms in total. The summed E-state index contributed by atoms with van der Waals surface area (Å²) in [6, 6.07) is 0. The third-order valence-corrected chi connectivity index (χ3v) is 0.327. The third-order valence-electron chi connectivity index (χ3n) is 0.109. The summed E-state index contributed by atoms with van der Waals surface area (Å²) < 4.78 is 0. The van der Waals surface area contributed by atoms with E-state index in [1.807, 2.05) is 0 Å². The monoisotopic (exact) mass is 182 g/mol. The van der Waals surface area contributed by atoms with Gasteiger partial charge < -0.3 is 0 Å². The van der Waals surface area contributed by atoms with Gasteiger partial charge in [0.25, 0.3) is 0 Å². The van der Waals surface area contributed by atoms with Gasteiger partial charge in [-0.1, -0.05) is 6.08 Å². The quantitative estimate of drug-likeness (QED) is 0.327. The molecule has 0 aliphatic heterocycles. The SMILES string of the molecule is C=CCCl.[Pd+2]. The van der Waals surface area contributed by atoms with Gasteiger partial charge in [-0.3, -0.25) is 0 Å². The maximum atomic E-state index is 5.07. The fourth-order valence-corrected chi connectivity index (χ4v) is 0. The smallest absolute Gasteiger partial charge is 0.122 e. The van der Waals surface area contributed by atoms with Gasteiger partial charge in [0, 0.05) is 5.88 Å². The van der Waals surface area contributed by atoms with Crippen LogP contribution in [0.3, 0.4) is 0 Å². The van der Waals surface area contributed by atoms with Crippen LogP contribution in [0.5, 0.6) is 0 Å². The Labute approximate surface area is 50.9 Å². The van der Waals surface area contributed by atoms with Crippen molar-refractivity contribution in [3.63, 3.8) is 0 Å². The maximum Gasteiger partial charge on any atom is 2.00 e. The van der Waals surface area contributed by atoms with Crippen LogP contribution in [-0.2, 0) is 20.4 Å². The molecule has 0 aromatic rings. The van der Waals surface area contributed by atoms with E-state index in [-0.39, 0.29) is 20.4 Å². The van der Waals surface area contributed by atoms with E-state index in [0.717, 1.165) is 0 Å². The molecule has 0 saturated heterocycles. The Morgan fingerprint density at radius 3 is 2.00 bits per heavy atom. The van der Waals surface area contributed by atoms with Crippen molar-refractivity contribution >= 4 is 11.6 Å². The van der Waals surface area contributed by atoms with Gasteiger partial charge in [0.15, 0.2) is 0 Å². The summed E-state index contributed by atoms with van der Waals surface area (Å²) in [6.45, 7) is 3.35. The minimum atomic E-state index is 0. The van der Waals surface area contributed by atoms with Crippen molar-refractivity contribution in [3.8, 4) is 0 Å². The van der Waals surface area contributed by atoms with Crippen molar-refractivity contribution in [2.24, 2.45) is 0 Å². The van der Waals surface area contributed by atoms with Crippen LogP contribution >= 0.6 is 11.6 Å². The fourth-order valence-electron chi connectivity index (χ4n) is 0. The van der Waals surface area contributed by atoms with Gasteiger partial charge in [-0.05, 0) is 0 Å². The molecule has 0 rings (SSSR count). The molecule has 0 radical (unpaired) electrons. The Morgan fingerprint density at radius 2 is 2.00 bits per heavy atom. The largest absolute Gasteiger partial charge is 2.00 e. The molecule has 0 aromatic carbocycles. The Kier molecular flexibility index (Phi) is 16.2. The van der Waals surface area contributed by atoms with E-state index in [2.05, 4.69) is 6.58 Å². The zero-order valence-electron chi connectivity index (χ0n) is 2.69. The van der Waals surface area contributed by atoms with Gasteiger partial charge in [-0.15, -0.1) is 18.2 Å². The molecule has 0 N–H and O–H groups in total. The van der Waals surface area contributed by atoms with Crippen LogP contribution in [0.2, 0.25) is 0 Å². The van der Waals surface area contributed by atoms with Crippen molar-refractivity contribution in [2.45, 2.75) is 0 Å². The molecule has 0 atom stereocenters. The molecule has 0 bridgehead atoms. The molecule has 0 unspecified atom stereocenters. The standard InChI is InChI=1S/C3H5Cl.Pd/c1-2-3-4;/h2H,1,3H2;/q;+2. The second kappa shape index (κ2) is 8.83. The van der Waals surface area contributed by atoms with E-state index in [0.29, 0.717) is 5.88 Å². The summed E-state index contributed by atoms with van der Waals surface area (Å²) >= 11 is 5.07. The average molecular weight is 183 g/mol. The summed E-state index contributed by atoms with van der Waals surface area (Å²) in [6.07, 6.45) is 1.64. The fraction of sp³-hybridized carbons (Fsp3) is 0.333. The Morgan fingerprint density at radius 1 is 1.80 bits per heavy atom. The molecule has 0 amide bonds. The van der Waals surface area contributed by atoms with E-state index in [1.165, 1.54) is 0 Å². The number of allylic oxidation sites excluding steroid dienone is 1. The minimum Gasteiger partial charge on any atom is -0.122 e. The topological polar surface area (TPSA) is 0 Å². The average Bonchev–Trinajstić information content (AvgIpc) is 1.37. The molecule has 2 heteroatoms. The summed E-state index contributed by atoms with van der Waals surface area (Å²) in [5.74, 6) is 0.556. The van der Waals surface area contributed by atoms with Crippen LogP contribution in [0.15, 0.2) is 12.7 Å². The molecule has 0 aliphatic carbocycles. The molecule has 0 aromatic heterocycles. The normalized spacial score (nSPS) is 5.00. The molecule has 0 heterocycles. The van der Waals surface area contributed by atoms with Crippen LogP contribution in [0.1, 0.15) is 0 Å². The first-order chi connectivity index (χ1) is 1.91. The molecule has 0 spiro atoms. The minimum absolute atomic E-state index is 0. The second-order valence-electron chi connectivity index (χ2n) is 0.443. The molecule has 0 aliphatic rings. The Balaban J connectivity index is 0. The first-order valence-corrected chi connectivity index (χ1v) is 1.62. The first kappa shape index (κ1) is 9.19. The zero-order valence-corrected chi connectivity index (χ0v) is 5.00. The predicted octanol–water partition coefficient (Wildman–Crippen LogP) is 1.41. The van der Waals surface area contributed by atoms with Gasteiger partial charge in [-0.25, -0.2) is 0 Å². The molecular weight excluding hydrogens is 178 g/mol. The predicted molar refractivity (Wildman–Crippen MR) is 20.9 cm³/mol. The third kappa shape index (κ3) is 11.9. The summed E-state index contributed by atoms with van der Waals surface area (Å²) in [4.78, 5) is 0. The van der Waals surface area contributed by atoms with Crippen LogP contribution < -0.4 is 0 Å². The van der Waals surface area contributed by atoms with Crippen molar-refractivity contribution in [3.05, 3.63) is 12.7 Å². The van der Waals surface area contributed by atoms with Crippen molar-refractivity contribution in [1.29, 1.82) is 0 Å². The molecule has 0 saturated carbocycles. The van der Waals surface area contributed by atoms with Crippen molar-refractivity contribution in [2.75, 3.05) is 5.88 Å². The maximum absolute atomic E-state index is 5.07. The summed E-state index contributed by atoms with van der Waals surface area (Å²) in [7, 11) is 0. The Hall–Kier alpha value is 0.692. The number of rotatable bonds is 1. The van der Waals surface area contributed by atoms with E-state index < -0.39 is 0 Å². The first-order valence-electron chi connectivity index (χ1n) is 1.08. The van der Waals surface area contributed by atoms with Crippen LogP contribution in [-0.4, -0.2) is 5.88 Å². The molecule has 5 heavy (non-hydrogen) atoms. The van der Waals surface area contributed by atoms with Crippen molar-refractivity contribution in [1.82, 2.24) is 0 Å². The van der Waals surface area contributed by atoms with Gasteiger partial charge in [0.1, 0.15) is 0 Å². The van der Waals surface area contributed by atoms with Gasteiger partial charge in [0.05, 0.1) is 0 Å². The van der Waals surface area contributed by atoms with Gasteiger partial charge in [-0.2, -0.15) is 0 Å². The summed E-state index contributed by atoms with van der Waals surface area (Å²) in [5, 5.41) is 0. The van der Waals surface area contributed by atoms with Crippen LogP contribution in [0.4, 0.5) is 0 Å². The molecule has 32 valence electrons. The summed E-state index contributed by atoms with van der Waals surface area (Å²) in [5.41, 5.74) is 0. The number of hydrogen-bond donors (Lipinski definition) is 0. The molecule has 0 fully saturated rings. The van der Waals surface area contributed by atoms with E-state index >= 15 is 0 Å². The van der Waals surface area contributed by atoms with E-state index in [9.17, 15) is 0 Å². The zero-order chi connectivity index (χ0) is 3.41. The van der Waals surface area contributed by atoms with E-state index in [1.54, 1.807) is 6.08 Å². The van der Waals surface area contributed by atoms with Crippen LogP contribution in [0, 0.1) is 0 Å². The van der Waals surface area contributed by atoms with Gasteiger partial charge in [0.2, 0.25) is 0 Å². The number of halogens is 1. The number of alkyl halides is 1. The molecular formula is C3H5ClPd+2. The number of hydrogen-bond acceptors (Lipinski definition) is 0. The van der Waals surface area contributed by atoms with Crippen LogP contribution in [0.25, 0.3) is 0 Å². The van der Waals surface area contributed by atoms with E-state index in [4.69, 9.17) is 11.6 Å². The van der Waals surface area contributed by atoms with Crippen molar-refractivity contribution < 1.29 is 20.4 Å². The second-order valence-corrected chi connectivity index (χ2v) is 0.752. The Bertz CT molecular complexity index is 20.9.